The molecule has 0 aromatic rings. The molecule has 1 aliphatic heterocycles. The van der Waals surface area contributed by atoms with Crippen LogP contribution in [0.3, 0.4) is 0 Å². The predicted molar refractivity (Wildman–Crippen MR) is 41.4 cm³/mol. The largest absolute Gasteiger partial charge is 0.356 e. The fourth-order valence-electron chi connectivity index (χ4n) is 1.33. The number of ether oxygens (including phenoxy) is 3. The maximum Gasteiger partial charge on any atom is 0.165 e. The predicted octanol–water partition coefficient (Wildman–Crippen LogP) is 0.734. The van der Waals surface area contributed by atoms with E-state index in [2.05, 4.69) is 5.18 Å². The highest BCUT2D eigenvalue weighted by Crippen LogP contribution is 2.27. The lowest BCUT2D eigenvalue weighted by atomic mass is 10.1. The Balaban J connectivity index is 2.44. The Morgan fingerprint density at radius 3 is 2.75 bits per heavy atom. The zero-order chi connectivity index (χ0) is 8.97. The molecule has 0 aliphatic carbocycles. The standard InChI is InChI=1S/C7H13NO4/c1-10-6-3-5(4-8-9)7(11-2)12-6/h5-7H,3-4H2,1-2H3. The summed E-state index contributed by atoms with van der Waals surface area (Å²) in [6.07, 6.45) is 0.0511. The minimum atomic E-state index is -0.354. The van der Waals surface area contributed by atoms with Crippen molar-refractivity contribution in [2.45, 2.75) is 19.0 Å². The molecule has 0 bridgehead atoms. The summed E-state index contributed by atoms with van der Waals surface area (Å²) in [5.74, 6) is 0.0254. The average Bonchev–Trinajstić information content (AvgIpc) is 2.48. The molecule has 3 unspecified atom stereocenters. The SMILES string of the molecule is COC1CC(CN=O)C(OC)O1. The average molecular weight is 175 g/mol. The first-order chi connectivity index (χ1) is 5.81. The molecule has 0 amide bonds. The lowest BCUT2D eigenvalue weighted by Crippen LogP contribution is -2.20. The van der Waals surface area contributed by atoms with Crippen molar-refractivity contribution in [1.29, 1.82) is 0 Å². The molecule has 0 aromatic heterocycles. The van der Waals surface area contributed by atoms with Crippen molar-refractivity contribution in [2.75, 3.05) is 20.8 Å². The maximum absolute atomic E-state index is 10.0. The van der Waals surface area contributed by atoms with E-state index in [4.69, 9.17) is 14.2 Å². The number of nitrogens with zero attached hydrogens (tertiary/aromatic N) is 1. The van der Waals surface area contributed by atoms with Gasteiger partial charge in [-0.25, -0.2) is 0 Å². The van der Waals surface area contributed by atoms with E-state index in [0.29, 0.717) is 6.42 Å². The minimum absolute atomic E-state index is 0.0254. The third kappa shape index (κ3) is 2.00. The van der Waals surface area contributed by atoms with Crippen LogP contribution in [0.15, 0.2) is 5.18 Å². The quantitative estimate of drug-likeness (QED) is 0.591. The normalized spacial score (nSPS) is 35.3. The molecule has 0 N–H and O–H groups in total. The zero-order valence-corrected chi connectivity index (χ0v) is 7.23. The number of methoxy groups -OCH3 is 2. The van der Waals surface area contributed by atoms with Crippen molar-refractivity contribution < 1.29 is 14.2 Å². The van der Waals surface area contributed by atoms with Gasteiger partial charge in [-0.15, -0.1) is 0 Å². The van der Waals surface area contributed by atoms with Gasteiger partial charge in [0.25, 0.3) is 0 Å². The van der Waals surface area contributed by atoms with Crippen LogP contribution in [-0.2, 0) is 14.2 Å². The summed E-state index contributed by atoms with van der Waals surface area (Å²) in [7, 11) is 3.11. The summed E-state index contributed by atoms with van der Waals surface area (Å²) in [6, 6.07) is 0. The number of hydrogen-bond donors (Lipinski definition) is 0. The Morgan fingerprint density at radius 2 is 2.25 bits per heavy atom. The zero-order valence-electron chi connectivity index (χ0n) is 7.23. The molecular formula is C7H13NO4. The summed E-state index contributed by atoms with van der Waals surface area (Å²) in [4.78, 5) is 10.0. The molecule has 1 aliphatic rings. The smallest absolute Gasteiger partial charge is 0.165 e. The Kier molecular flexibility index (Phi) is 3.58. The van der Waals surface area contributed by atoms with Crippen molar-refractivity contribution in [2.24, 2.45) is 11.1 Å². The minimum Gasteiger partial charge on any atom is -0.356 e. The highest BCUT2D eigenvalue weighted by Gasteiger charge is 2.35. The van der Waals surface area contributed by atoms with Gasteiger partial charge in [0.2, 0.25) is 0 Å². The van der Waals surface area contributed by atoms with Gasteiger partial charge in [-0.1, -0.05) is 5.18 Å². The molecule has 5 nitrogen and oxygen atoms in total. The third-order valence-electron chi connectivity index (χ3n) is 1.97. The molecule has 1 saturated heterocycles. The molecule has 5 heteroatoms. The van der Waals surface area contributed by atoms with E-state index in [9.17, 15) is 4.91 Å². The van der Waals surface area contributed by atoms with Crippen molar-refractivity contribution in [3.8, 4) is 0 Å². The molecule has 3 atom stereocenters. The van der Waals surface area contributed by atoms with Gasteiger partial charge in [0.1, 0.15) is 0 Å². The summed E-state index contributed by atoms with van der Waals surface area (Å²) in [6.45, 7) is 0.221. The molecular weight excluding hydrogens is 162 g/mol. The molecule has 0 radical (unpaired) electrons. The van der Waals surface area contributed by atoms with E-state index in [0.717, 1.165) is 0 Å². The van der Waals surface area contributed by atoms with Crippen molar-refractivity contribution in [3.63, 3.8) is 0 Å². The monoisotopic (exact) mass is 175 g/mol. The topological polar surface area (TPSA) is 57.1 Å². The lowest BCUT2D eigenvalue weighted by molar-refractivity contribution is -0.192. The van der Waals surface area contributed by atoms with Gasteiger partial charge < -0.3 is 14.2 Å². The van der Waals surface area contributed by atoms with Crippen LogP contribution in [0.5, 0.6) is 0 Å². The molecule has 0 aromatic carbocycles. The van der Waals surface area contributed by atoms with Gasteiger partial charge in [0, 0.05) is 26.6 Å². The van der Waals surface area contributed by atoms with Crippen LogP contribution < -0.4 is 0 Å². The molecule has 1 heterocycles. The van der Waals surface area contributed by atoms with Crippen LogP contribution in [0.1, 0.15) is 6.42 Å². The maximum atomic E-state index is 10.0. The first-order valence-corrected chi connectivity index (χ1v) is 3.82. The molecule has 0 spiro atoms. The molecule has 1 fully saturated rings. The third-order valence-corrected chi connectivity index (χ3v) is 1.97. The van der Waals surface area contributed by atoms with Crippen molar-refractivity contribution in [3.05, 3.63) is 4.91 Å². The fourth-order valence-corrected chi connectivity index (χ4v) is 1.33. The second kappa shape index (κ2) is 4.49. The van der Waals surface area contributed by atoms with Gasteiger partial charge in [0.05, 0.1) is 6.54 Å². The van der Waals surface area contributed by atoms with E-state index in [1.165, 1.54) is 0 Å². The molecule has 70 valence electrons. The van der Waals surface area contributed by atoms with Crippen LogP contribution in [0.25, 0.3) is 0 Å². The Bertz CT molecular complexity index is 152. The second-order valence-electron chi connectivity index (χ2n) is 2.71. The van der Waals surface area contributed by atoms with E-state index >= 15 is 0 Å². The first-order valence-electron chi connectivity index (χ1n) is 3.82. The van der Waals surface area contributed by atoms with Gasteiger partial charge in [-0.2, -0.15) is 4.91 Å². The van der Waals surface area contributed by atoms with Gasteiger partial charge >= 0.3 is 0 Å². The highest BCUT2D eigenvalue weighted by molar-refractivity contribution is 4.74. The summed E-state index contributed by atoms with van der Waals surface area (Å²) >= 11 is 0. The number of nitroso groups, excluding NO2 is 1. The van der Waals surface area contributed by atoms with Crippen molar-refractivity contribution >= 4 is 0 Å². The van der Waals surface area contributed by atoms with Crippen molar-refractivity contribution in [1.82, 2.24) is 0 Å². The molecule has 0 saturated carbocycles. The Labute approximate surface area is 71.0 Å². The highest BCUT2D eigenvalue weighted by atomic mass is 16.8. The molecule has 12 heavy (non-hydrogen) atoms. The van der Waals surface area contributed by atoms with Gasteiger partial charge in [0.15, 0.2) is 12.6 Å². The van der Waals surface area contributed by atoms with Crippen LogP contribution in [0.4, 0.5) is 0 Å². The van der Waals surface area contributed by atoms with Gasteiger partial charge in [-0.3, -0.25) is 0 Å². The Morgan fingerprint density at radius 1 is 1.50 bits per heavy atom. The van der Waals surface area contributed by atoms with Gasteiger partial charge in [-0.05, 0) is 0 Å². The number of rotatable bonds is 4. The first kappa shape index (κ1) is 9.57. The summed E-state index contributed by atoms with van der Waals surface area (Å²) < 4.78 is 15.3. The fraction of sp³-hybridized carbons (Fsp3) is 1.00. The summed E-state index contributed by atoms with van der Waals surface area (Å²) in [5, 5.41) is 2.82. The van der Waals surface area contributed by atoms with Crippen LogP contribution in [-0.4, -0.2) is 33.3 Å². The van der Waals surface area contributed by atoms with Crippen LogP contribution in [0, 0.1) is 10.8 Å². The van der Waals surface area contributed by atoms with Crippen LogP contribution in [0.2, 0.25) is 0 Å². The Hall–Kier alpha value is -0.520. The molecule has 1 rings (SSSR count). The lowest BCUT2D eigenvalue weighted by Gasteiger charge is -2.12. The second-order valence-corrected chi connectivity index (χ2v) is 2.71. The summed E-state index contributed by atoms with van der Waals surface area (Å²) in [5.41, 5.74) is 0. The van der Waals surface area contributed by atoms with E-state index in [1.54, 1.807) is 14.2 Å². The van der Waals surface area contributed by atoms with E-state index in [-0.39, 0.29) is 25.0 Å². The van der Waals surface area contributed by atoms with Crippen LogP contribution >= 0.6 is 0 Å². The van der Waals surface area contributed by atoms with E-state index < -0.39 is 0 Å². The van der Waals surface area contributed by atoms with E-state index in [1.807, 2.05) is 0 Å². The number of hydrogen-bond acceptors (Lipinski definition) is 5.